The predicted molar refractivity (Wildman–Crippen MR) is 87.6 cm³/mol. The van der Waals surface area contributed by atoms with Crippen molar-refractivity contribution < 1.29 is 35.6 Å². The highest BCUT2D eigenvalue weighted by Gasteiger charge is 2.49. The molecule has 1 N–H and O–H groups in total. The number of halogens is 3. The fourth-order valence-corrected chi connectivity index (χ4v) is 4.17. The van der Waals surface area contributed by atoms with Crippen LogP contribution in [0.4, 0.5) is 13.2 Å². The molecule has 1 heterocycles. The zero-order chi connectivity index (χ0) is 19.5. The van der Waals surface area contributed by atoms with Gasteiger partial charge in [0.2, 0.25) is 0 Å². The van der Waals surface area contributed by atoms with Crippen molar-refractivity contribution in [3.05, 3.63) is 29.3 Å². The van der Waals surface area contributed by atoms with E-state index in [2.05, 4.69) is 4.18 Å². The molecule has 0 saturated carbocycles. The van der Waals surface area contributed by atoms with E-state index in [1.165, 1.54) is 0 Å². The molecule has 3 rings (SSSR count). The molecule has 0 spiro atoms. The van der Waals surface area contributed by atoms with Gasteiger partial charge in [-0.25, -0.2) is 0 Å². The van der Waals surface area contributed by atoms with E-state index in [0.717, 1.165) is 30.5 Å². The van der Waals surface area contributed by atoms with Crippen molar-refractivity contribution in [1.82, 2.24) is 0 Å². The molecular weight excluding hydrogens is 373 g/mol. The number of alkyl halides is 3. The number of fused-ring (bicyclic) bond motifs is 3. The highest BCUT2D eigenvalue weighted by atomic mass is 32.2. The lowest BCUT2D eigenvalue weighted by Gasteiger charge is -2.46. The van der Waals surface area contributed by atoms with Crippen LogP contribution in [-0.2, 0) is 10.1 Å². The van der Waals surface area contributed by atoms with E-state index in [0.29, 0.717) is 5.56 Å². The van der Waals surface area contributed by atoms with E-state index >= 15 is 0 Å². The average molecular weight is 392 g/mol. The van der Waals surface area contributed by atoms with Crippen molar-refractivity contribution >= 4 is 10.1 Å². The molecule has 1 aliphatic carbocycles. The van der Waals surface area contributed by atoms with Crippen molar-refractivity contribution in [3.63, 3.8) is 0 Å². The zero-order valence-electron chi connectivity index (χ0n) is 14.4. The predicted octanol–water partition coefficient (Wildman–Crippen LogP) is 4.23. The lowest BCUT2D eigenvalue weighted by molar-refractivity contribution is -0.0500. The lowest BCUT2D eigenvalue weighted by atomic mass is 9.68. The standard InChI is InChI=1S/C17H19F3O5S/c1-9-4-5-12-11(6-9)15-13(21)7-10(8-14(15)24-16(12,2)3)25-26(22,23)17(18,19)20/h6-8,11-12,21H,4-5H2,1-3H3/t11-,12+/m1/s1. The first-order valence-electron chi connectivity index (χ1n) is 8.06. The Labute approximate surface area is 149 Å². The molecule has 9 heteroatoms. The van der Waals surface area contributed by atoms with Crippen molar-refractivity contribution in [2.75, 3.05) is 0 Å². The van der Waals surface area contributed by atoms with E-state index in [1.807, 2.05) is 26.8 Å². The van der Waals surface area contributed by atoms with Gasteiger partial charge < -0.3 is 14.0 Å². The summed E-state index contributed by atoms with van der Waals surface area (Å²) in [5, 5.41) is 10.4. The maximum absolute atomic E-state index is 12.5. The summed E-state index contributed by atoms with van der Waals surface area (Å²) in [6.07, 6.45) is 3.76. The quantitative estimate of drug-likeness (QED) is 0.463. The van der Waals surface area contributed by atoms with Crippen LogP contribution in [0.25, 0.3) is 0 Å². The molecule has 0 fully saturated rings. The van der Waals surface area contributed by atoms with Crippen LogP contribution in [-0.4, -0.2) is 24.6 Å². The number of benzene rings is 1. The highest BCUT2D eigenvalue weighted by molar-refractivity contribution is 7.88. The monoisotopic (exact) mass is 392 g/mol. The minimum absolute atomic E-state index is 0.0790. The summed E-state index contributed by atoms with van der Waals surface area (Å²) in [4.78, 5) is 0. The van der Waals surface area contributed by atoms with Gasteiger partial charge in [-0.15, -0.1) is 0 Å². The van der Waals surface area contributed by atoms with Crippen molar-refractivity contribution in [3.8, 4) is 17.2 Å². The molecule has 0 bridgehead atoms. The van der Waals surface area contributed by atoms with Crippen molar-refractivity contribution in [2.24, 2.45) is 5.92 Å². The van der Waals surface area contributed by atoms with Gasteiger partial charge in [0.15, 0.2) is 0 Å². The zero-order valence-corrected chi connectivity index (χ0v) is 15.2. The molecule has 1 aromatic carbocycles. The van der Waals surface area contributed by atoms with Gasteiger partial charge >= 0.3 is 15.6 Å². The third-order valence-electron chi connectivity index (χ3n) is 4.93. The number of allylic oxidation sites excluding steroid dienone is 2. The molecule has 0 radical (unpaired) electrons. The number of ether oxygens (including phenoxy) is 1. The molecule has 26 heavy (non-hydrogen) atoms. The molecule has 2 atom stereocenters. The highest BCUT2D eigenvalue weighted by Crippen LogP contribution is 2.54. The molecule has 144 valence electrons. The summed E-state index contributed by atoms with van der Waals surface area (Å²) in [5.74, 6) is -0.976. The van der Waals surface area contributed by atoms with Crippen molar-refractivity contribution in [1.29, 1.82) is 0 Å². The maximum atomic E-state index is 12.5. The van der Waals surface area contributed by atoms with Gasteiger partial charge in [-0.1, -0.05) is 11.6 Å². The van der Waals surface area contributed by atoms with Crippen LogP contribution in [0.2, 0.25) is 0 Å². The number of hydrogen-bond acceptors (Lipinski definition) is 5. The summed E-state index contributed by atoms with van der Waals surface area (Å²) < 4.78 is 70.1. The number of hydrogen-bond donors (Lipinski definition) is 1. The molecule has 0 aromatic heterocycles. The first-order valence-corrected chi connectivity index (χ1v) is 9.46. The summed E-state index contributed by atoms with van der Waals surface area (Å²) >= 11 is 0. The molecule has 1 aliphatic heterocycles. The normalized spacial score (nSPS) is 24.8. The minimum Gasteiger partial charge on any atom is -0.507 e. The van der Waals surface area contributed by atoms with Gasteiger partial charge in [0, 0.05) is 29.5 Å². The van der Waals surface area contributed by atoms with E-state index in [4.69, 9.17) is 4.74 Å². The molecule has 0 amide bonds. The SMILES string of the molecule is CC1=C[C@H]2c3c(O)cc(OS(=O)(=O)C(F)(F)F)cc3OC(C)(C)[C@H]2CC1. The number of aromatic hydroxyl groups is 1. The summed E-state index contributed by atoms with van der Waals surface area (Å²) in [6.45, 7) is 5.70. The van der Waals surface area contributed by atoms with E-state index in [-0.39, 0.29) is 23.3 Å². The van der Waals surface area contributed by atoms with Gasteiger partial charge in [0.1, 0.15) is 22.8 Å². The average Bonchev–Trinajstić information content (AvgIpc) is 2.43. The Morgan fingerprint density at radius 1 is 1.31 bits per heavy atom. The second-order valence-electron chi connectivity index (χ2n) is 7.23. The Hall–Kier alpha value is -1.90. The summed E-state index contributed by atoms with van der Waals surface area (Å²) in [5.41, 5.74) is -4.62. The minimum atomic E-state index is -5.83. The Morgan fingerprint density at radius 3 is 2.58 bits per heavy atom. The number of phenolic OH excluding ortho intramolecular Hbond substituents is 1. The van der Waals surface area contributed by atoms with Gasteiger partial charge in [0.05, 0.1) is 0 Å². The van der Waals surface area contributed by atoms with Crippen LogP contribution in [0.1, 0.15) is 45.1 Å². The van der Waals surface area contributed by atoms with Crippen LogP contribution in [0, 0.1) is 5.92 Å². The Kier molecular flexibility index (Phi) is 4.21. The van der Waals surface area contributed by atoms with Gasteiger partial charge in [-0.2, -0.15) is 21.6 Å². The van der Waals surface area contributed by atoms with Gasteiger partial charge in [0.25, 0.3) is 0 Å². The molecule has 2 aliphatic rings. The Bertz CT molecular complexity index is 871. The first-order chi connectivity index (χ1) is 11.8. The van der Waals surface area contributed by atoms with E-state index < -0.39 is 27.0 Å². The number of rotatable bonds is 2. The summed E-state index contributed by atoms with van der Waals surface area (Å²) in [7, 11) is -5.83. The van der Waals surface area contributed by atoms with E-state index in [9.17, 15) is 26.7 Å². The van der Waals surface area contributed by atoms with Gasteiger partial charge in [-0.3, -0.25) is 0 Å². The fourth-order valence-electron chi connectivity index (χ4n) is 3.72. The number of phenols is 1. The molecule has 1 aromatic rings. The second kappa shape index (κ2) is 5.80. The third-order valence-corrected chi connectivity index (χ3v) is 5.91. The molecule has 5 nitrogen and oxygen atoms in total. The summed E-state index contributed by atoms with van der Waals surface area (Å²) in [6, 6.07) is 1.95. The van der Waals surface area contributed by atoms with Crippen LogP contribution in [0.15, 0.2) is 23.8 Å². The lowest BCUT2D eigenvalue weighted by Crippen LogP contribution is -2.45. The Balaban J connectivity index is 2.08. The largest absolute Gasteiger partial charge is 0.534 e. The van der Waals surface area contributed by atoms with Crippen molar-refractivity contribution in [2.45, 2.75) is 50.6 Å². The second-order valence-corrected chi connectivity index (χ2v) is 8.76. The van der Waals surface area contributed by atoms with Gasteiger partial charge in [-0.05, 0) is 33.6 Å². The Morgan fingerprint density at radius 2 is 1.96 bits per heavy atom. The fraction of sp³-hybridized carbons (Fsp3) is 0.529. The van der Waals surface area contributed by atoms with Crippen LogP contribution >= 0.6 is 0 Å². The third kappa shape index (κ3) is 3.13. The topological polar surface area (TPSA) is 72.8 Å². The molecule has 0 saturated heterocycles. The van der Waals surface area contributed by atoms with Crippen LogP contribution in [0.3, 0.4) is 0 Å². The smallest absolute Gasteiger partial charge is 0.507 e. The van der Waals surface area contributed by atoms with Crippen LogP contribution < -0.4 is 8.92 Å². The first kappa shape index (κ1) is 18.9. The van der Waals surface area contributed by atoms with E-state index in [1.54, 1.807) is 0 Å². The van der Waals surface area contributed by atoms with Crippen LogP contribution in [0.5, 0.6) is 17.2 Å². The maximum Gasteiger partial charge on any atom is 0.534 e. The molecular formula is C17H19F3O5S. The molecule has 0 unspecified atom stereocenters.